The number of aryl methyl sites for hydroxylation is 2. The molecule has 7 heteroatoms. The molecule has 0 fully saturated rings. The van der Waals surface area contributed by atoms with Gasteiger partial charge in [0.25, 0.3) is 5.91 Å². The van der Waals surface area contributed by atoms with Gasteiger partial charge in [-0.1, -0.05) is 23.5 Å². The first kappa shape index (κ1) is 19.7. The van der Waals surface area contributed by atoms with Crippen LogP contribution in [-0.2, 0) is 6.54 Å². The highest BCUT2D eigenvalue weighted by Crippen LogP contribution is 2.31. The van der Waals surface area contributed by atoms with Gasteiger partial charge in [-0.15, -0.1) is 11.8 Å². The van der Waals surface area contributed by atoms with Gasteiger partial charge in [0, 0.05) is 35.9 Å². The van der Waals surface area contributed by atoms with Crippen molar-refractivity contribution in [2.75, 3.05) is 17.7 Å². The summed E-state index contributed by atoms with van der Waals surface area (Å²) in [5.74, 6) is -0.0118. The van der Waals surface area contributed by atoms with Gasteiger partial charge in [-0.25, -0.2) is 9.97 Å². The molecule has 0 spiro atoms. The molecule has 2 aromatic carbocycles. The number of anilines is 1. The smallest absolute Gasteiger partial charge is 0.260 e. The van der Waals surface area contributed by atoms with Crippen LogP contribution in [-0.4, -0.2) is 33.2 Å². The molecular weight excluding hydrogens is 400 g/mol. The van der Waals surface area contributed by atoms with Crippen molar-refractivity contribution in [3.63, 3.8) is 0 Å². The van der Waals surface area contributed by atoms with E-state index in [1.54, 1.807) is 35.6 Å². The van der Waals surface area contributed by atoms with E-state index in [1.807, 2.05) is 52.3 Å². The Labute approximate surface area is 178 Å². The Kier molecular flexibility index (Phi) is 5.97. The van der Waals surface area contributed by atoms with Gasteiger partial charge < -0.3 is 4.57 Å². The van der Waals surface area contributed by atoms with Crippen LogP contribution in [0.25, 0.3) is 10.2 Å². The first-order chi connectivity index (χ1) is 14.1. The van der Waals surface area contributed by atoms with Crippen molar-refractivity contribution in [2.45, 2.75) is 24.8 Å². The summed E-state index contributed by atoms with van der Waals surface area (Å²) in [5, 5.41) is 0.746. The van der Waals surface area contributed by atoms with E-state index in [-0.39, 0.29) is 5.91 Å². The van der Waals surface area contributed by atoms with Crippen LogP contribution in [0.4, 0.5) is 5.13 Å². The molecule has 0 aliphatic rings. The molecule has 2 heterocycles. The second-order valence-corrected chi connectivity index (χ2v) is 8.70. The van der Waals surface area contributed by atoms with Gasteiger partial charge in [0.2, 0.25) is 0 Å². The first-order valence-corrected chi connectivity index (χ1v) is 11.5. The third-order valence-electron chi connectivity index (χ3n) is 4.68. The molecular formula is C22H22N4OS2. The molecule has 5 nitrogen and oxygen atoms in total. The highest BCUT2D eigenvalue weighted by molar-refractivity contribution is 7.98. The number of thiazole rings is 1. The van der Waals surface area contributed by atoms with E-state index in [2.05, 4.69) is 24.0 Å². The second kappa shape index (κ2) is 8.80. The maximum Gasteiger partial charge on any atom is 0.260 e. The topological polar surface area (TPSA) is 51.0 Å². The van der Waals surface area contributed by atoms with E-state index in [9.17, 15) is 4.79 Å². The van der Waals surface area contributed by atoms with Crippen LogP contribution in [0.1, 0.15) is 22.3 Å². The molecule has 2 aromatic heterocycles. The number of fused-ring (bicyclic) bond motifs is 1. The fourth-order valence-corrected chi connectivity index (χ4v) is 4.71. The minimum absolute atomic E-state index is 0.0118. The van der Waals surface area contributed by atoms with Crippen LogP contribution in [0.5, 0.6) is 0 Å². The highest BCUT2D eigenvalue weighted by Gasteiger charge is 2.21. The lowest BCUT2D eigenvalue weighted by molar-refractivity contribution is 0.0986. The van der Waals surface area contributed by atoms with Crippen molar-refractivity contribution in [1.82, 2.24) is 14.5 Å². The quantitative estimate of drug-likeness (QED) is 0.381. The number of carbonyl (C=O) groups excluding carboxylic acids is 1. The van der Waals surface area contributed by atoms with Crippen LogP contribution in [0.3, 0.4) is 0 Å². The average Bonchev–Trinajstić information content (AvgIpc) is 3.40. The summed E-state index contributed by atoms with van der Waals surface area (Å²) < 4.78 is 3.13. The molecule has 4 aromatic rings. The van der Waals surface area contributed by atoms with Gasteiger partial charge in [0.1, 0.15) is 0 Å². The molecule has 0 N–H and O–H groups in total. The normalized spacial score (nSPS) is 11.1. The lowest BCUT2D eigenvalue weighted by Gasteiger charge is -2.20. The number of hydrogen-bond donors (Lipinski definition) is 0. The third-order valence-corrected chi connectivity index (χ3v) is 6.45. The number of hydrogen-bond acceptors (Lipinski definition) is 5. The Morgan fingerprint density at radius 3 is 2.93 bits per heavy atom. The number of amides is 1. The zero-order valence-electron chi connectivity index (χ0n) is 16.4. The summed E-state index contributed by atoms with van der Waals surface area (Å²) in [6, 6.07) is 14.0. The van der Waals surface area contributed by atoms with E-state index < -0.39 is 0 Å². The monoisotopic (exact) mass is 422 g/mol. The maximum atomic E-state index is 13.4. The van der Waals surface area contributed by atoms with E-state index in [0.29, 0.717) is 12.1 Å². The Bertz CT molecular complexity index is 1120. The number of rotatable bonds is 7. The number of carbonyl (C=O) groups is 1. The van der Waals surface area contributed by atoms with Crippen LogP contribution < -0.4 is 4.90 Å². The summed E-state index contributed by atoms with van der Waals surface area (Å²) >= 11 is 3.21. The van der Waals surface area contributed by atoms with Gasteiger partial charge >= 0.3 is 0 Å². The predicted octanol–water partition coefficient (Wildman–Crippen LogP) is 5.26. The Balaban J connectivity index is 1.64. The molecule has 0 radical (unpaired) electrons. The molecule has 1 amide bonds. The van der Waals surface area contributed by atoms with E-state index in [1.165, 1.54) is 5.56 Å². The SMILES string of the molecule is CSc1cccc(C(=O)N(CCCn2ccnc2)c2nc3ccc(C)cc3s2)c1. The number of benzene rings is 2. The van der Waals surface area contributed by atoms with Crippen molar-refractivity contribution in [2.24, 2.45) is 0 Å². The summed E-state index contributed by atoms with van der Waals surface area (Å²) in [7, 11) is 0. The van der Waals surface area contributed by atoms with Crippen molar-refractivity contribution in [1.29, 1.82) is 0 Å². The van der Waals surface area contributed by atoms with Crippen LogP contribution >= 0.6 is 23.1 Å². The molecule has 0 atom stereocenters. The fraction of sp³-hybridized carbons (Fsp3) is 0.227. The van der Waals surface area contributed by atoms with Gasteiger partial charge in [-0.3, -0.25) is 9.69 Å². The van der Waals surface area contributed by atoms with E-state index in [4.69, 9.17) is 4.98 Å². The zero-order valence-corrected chi connectivity index (χ0v) is 18.0. The van der Waals surface area contributed by atoms with Crippen LogP contribution in [0.15, 0.2) is 66.1 Å². The molecule has 0 bridgehead atoms. The number of imidazole rings is 1. The average molecular weight is 423 g/mol. The molecule has 0 aliphatic carbocycles. The minimum atomic E-state index is -0.0118. The molecule has 4 rings (SSSR count). The van der Waals surface area contributed by atoms with Crippen molar-refractivity contribution in [3.05, 3.63) is 72.3 Å². The molecule has 0 aliphatic heterocycles. The first-order valence-electron chi connectivity index (χ1n) is 9.43. The number of thioether (sulfide) groups is 1. The highest BCUT2D eigenvalue weighted by atomic mass is 32.2. The zero-order chi connectivity index (χ0) is 20.2. The van der Waals surface area contributed by atoms with E-state index >= 15 is 0 Å². The molecule has 0 saturated carbocycles. The van der Waals surface area contributed by atoms with E-state index in [0.717, 1.165) is 33.2 Å². The predicted molar refractivity (Wildman–Crippen MR) is 121 cm³/mol. The number of nitrogens with zero attached hydrogens (tertiary/aromatic N) is 4. The summed E-state index contributed by atoms with van der Waals surface area (Å²) in [6.07, 6.45) is 8.34. The fourth-order valence-electron chi connectivity index (χ4n) is 3.16. The van der Waals surface area contributed by atoms with Gasteiger partial charge in [0.15, 0.2) is 5.13 Å². The molecule has 29 heavy (non-hydrogen) atoms. The number of aromatic nitrogens is 3. The Morgan fingerprint density at radius 1 is 1.24 bits per heavy atom. The summed E-state index contributed by atoms with van der Waals surface area (Å²) in [4.78, 5) is 25.2. The standard InChI is InChI=1S/C22H22N4OS2/c1-16-7-8-19-20(13-16)29-22(24-19)26(11-4-10-25-12-9-23-15-25)21(27)17-5-3-6-18(14-17)28-2/h3,5-9,12-15H,4,10-11H2,1-2H3. The largest absolute Gasteiger partial charge is 0.337 e. The van der Waals surface area contributed by atoms with Gasteiger partial charge in [0.05, 0.1) is 16.5 Å². The van der Waals surface area contributed by atoms with Crippen molar-refractivity contribution >= 4 is 44.4 Å². The lowest BCUT2D eigenvalue weighted by atomic mass is 10.2. The van der Waals surface area contributed by atoms with Crippen LogP contribution in [0.2, 0.25) is 0 Å². The van der Waals surface area contributed by atoms with Gasteiger partial charge in [-0.05, 0) is 55.5 Å². The minimum Gasteiger partial charge on any atom is -0.337 e. The van der Waals surface area contributed by atoms with Crippen molar-refractivity contribution in [3.8, 4) is 0 Å². The molecule has 0 saturated heterocycles. The maximum absolute atomic E-state index is 13.4. The summed E-state index contributed by atoms with van der Waals surface area (Å²) in [6.45, 7) is 3.47. The summed E-state index contributed by atoms with van der Waals surface area (Å²) in [5.41, 5.74) is 2.81. The lowest BCUT2D eigenvalue weighted by Crippen LogP contribution is -2.32. The van der Waals surface area contributed by atoms with Crippen LogP contribution in [0, 0.1) is 6.92 Å². The van der Waals surface area contributed by atoms with Gasteiger partial charge in [-0.2, -0.15) is 0 Å². The molecule has 148 valence electrons. The van der Waals surface area contributed by atoms with Crippen molar-refractivity contribution < 1.29 is 4.79 Å². The Morgan fingerprint density at radius 2 is 2.14 bits per heavy atom. The third kappa shape index (κ3) is 4.52. The molecule has 0 unspecified atom stereocenters. The Hall–Kier alpha value is -2.64. The second-order valence-electron chi connectivity index (χ2n) is 6.81.